The molecule has 2 atom stereocenters. The van der Waals surface area contributed by atoms with Crippen LogP contribution in [-0.2, 0) is 9.53 Å². The summed E-state index contributed by atoms with van der Waals surface area (Å²) in [7, 11) is 0. The van der Waals surface area contributed by atoms with E-state index in [0.717, 1.165) is 0 Å². The summed E-state index contributed by atoms with van der Waals surface area (Å²) < 4.78 is 18.5. The Hall–Kier alpha value is -1.62. The highest BCUT2D eigenvalue weighted by atomic mass is 19.1. The third kappa shape index (κ3) is 2.55. The molecule has 1 heterocycles. The van der Waals surface area contributed by atoms with Gasteiger partial charge in [0.25, 0.3) is 0 Å². The van der Waals surface area contributed by atoms with Gasteiger partial charge in [-0.05, 0) is 31.5 Å². The topological polar surface area (TPSA) is 64.3 Å². The first-order chi connectivity index (χ1) is 8.08. The maximum atomic E-state index is 13.2. The van der Waals surface area contributed by atoms with E-state index in [2.05, 4.69) is 5.32 Å². The Kier molecular flexibility index (Phi) is 3.28. The average molecular weight is 238 g/mol. The molecule has 1 aromatic carbocycles. The molecule has 0 aromatic heterocycles. The molecule has 2 rings (SSSR count). The van der Waals surface area contributed by atoms with Crippen molar-refractivity contribution in [1.29, 1.82) is 0 Å². The van der Waals surface area contributed by atoms with Gasteiger partial charge in [-0.1, -0.05) is 0 Å². The van der Waals surface area contributed by atoms with Gasteiger partial charge in [-0.2, -0.15) is 0 Å². The Morgan fingerprint density at radius 3 is 2.94 bits per heavy atom. The number of carbonyl (C=O) groups is 1. The number of hydrogen-bond donors (Lipinski definition) is 2. The molecule has 1 fully saturated rings. The van der Waals surface area contributed by atoms with E-state index in [4.69, 9.17) is 10.5 Å². The van der Waals surface area contributed by atoms with Crippen LogP contribution in [0.2, 0.25) is 0 Å². The van der Waals surface area contributed by atoms with E-state index in [1.165, 1.54) is 12.1 Å². The minimum absolute atomic E-state index is 0.0700. The number of benzene rings is 1. The Morgan fingerprint density at radius 2 is 2.35 bits per heavy atom. The molecule has 0 saturated carbocycles. The summed E-state index contributed by atoms with van der Waals surface area (Å²) in [6, 6.07) is 4.23. The van der Waals surface area contributed by atoms with Crippen LogP contribution < -0.4 is 11.1 Å². The van der Waals surface area contributed by atoms with Gasteiger partial charge in [0.2, 0.25) is 5.91 Å². The first kappa shape index (κ1) is 11.9. The first-order valence-corrected chi connectivity index (χ1v) is 5.55. The number of ether oxygens (including phenoxy) is 1. The van der Waals surface area contributed by atoms with Crippen LogP contribution in [0.3, 0.4) is 0 Å². The lowest BCUT2D eigenvalue weighted by Crippen LogP contribution is -2.27. The third-order valence-electron chi connectivity index (χ3n) is 2.98. The lowest BCUT2D eigenvalue weighted by molar-refractivity contribution is -0.121. The molecule has 3 N–H and O–H groups in total. The molecule has 92 valence electrons. The fourth-order valence-electron chi connectivity index (χ4n) is 1.92. The number of amides is 1. The largest absolute Gasteiger partial charge is 0.396 e. The number of anilines is 2. The van der Waals surface area contributed by atoms with E-state index >= 15 is 0 Å². The minimum Gasteiger partial charge on any atom is -0.396 e. The van der Waals surface area contributed by atoms with Gasteiger partial charge in [-0.25, -0.2) is 4.39 Å². The lowest BCUT2D eigenvalue weighted by Gasteiger charge is -2.14. The predicted molar refractivity (Wildman–Crippen MR) is 63.0 cm³/mol. The van der Waals surface area contributed by atoms with E-state index in [1.807, 2.05) is 6.92 Å². The summed E-state index contributed by atoms with van der Waals surface area (Å²) in [5, 5.41) is 2.67. The molecule has 0 radical (unpaired) electrons. The average Bonchev–Trinajstić information content (AvgIpc) is 2.70. The smallest absolute Gasteiger partial charge is 0.230 e. The molecule has 2 unspecified atom stereocenters. The zero-order chi connectivity index (χ0) is 12.4. The highest BCUT2D eigenvalue weighted by molar-refractivity contribution is 5.93. The molecule has 1 aromatic rings. The zero-order valence-electron chi connectivity index (χ0n) is 9.57. The molecule has 5 heteroatoms. The number of nitrogens with two attached hydrogens (primary N) is 1. The Morgan fingerprint density at radius 1 is 1.59 bits per heavy atom. The standard InChI is InChI=1S/C12H15FN2O2/c1-7-9(4-5-17-7)12(16)15-8-2-3-11(14)10(13)6-8/h2-3,6-7,9H,4-5,14H2,1H3,(H,15,16). The van der Waals surface area contributed by atoms with Gasteiger partial charge in [-0.15, -0.1) is 0 Å². The van der Waals surface area contributed by atoms with Crippen molar-refractivity contribution >= 4 is 17.3 Å². The molecule has 1 aliphatic rings. The van der Waals surface area contributed by atoms with Crippen LogP contribution in [0.1, 0.15) is 13.3 Å². The summed E-state index contributed by atoms with van der Waals surface area (Å²) >= 11 is 0. The van der Waals surface area contributed by atoms with Crippen LogP contribution >= 0.6 is 0 Å². The van der Waals surface area contributed by atoms with Gasteiger partial charge in [0.15, 0.2) is 0 Å². The molecule has 17 heavy (non-hydrogen) atoms. The van der Waals surface area contributed by atoms with E-state index in [-0.39, 0.29) is 23.6 Å². The fourth-order valence-corrected chi connectivity index (χ4v) is 1.92. The summed E-state index contributed by atoms with van der Waals surface area (Å²) in [5.41, 5.74) is 5.84. The van der Waals surface area contributed by atoms with E-state index < -0.39 is 5.82 Å². The number of nitrogens with one attached hydrogen (secondary N) is 1. The maximum absolute atomic E-state index is 13.2. The van der Waals surface area contributed by atoms with Crippen LogP contribution in [0.4, 0.5) is 15.8 Å². The van der Waals surface area contributed by atoms with Crippen LogP contribution in [0.25, 0.3) is 0 Å². The second-order valence-corrected chi connectivity index (χ2v) is 4.20. The number of halogens is 1. The van der Waals surface area contributed by atoms with Crippen LogP contribution in [0.15, 0.2) is 18.2 Å². The van der Waals surface area contributed by atoms with Crippen molar-refractivity contribution < 1.29 is 13.9 Å². The molecule has 4 nitrogen and oxygen atoms in total. The van der Waals surface area contributed by atoms with Crippen molar-refractivity contribution in [2.24, 2.45) is 5.92 Å². The van der Waals surface area contributed by atoms with Gasteiger partial charge in [0.1, 0.15) is 5.82 Å². The molecule has 1 saturated heterocycles. The van der Waals surface area contributed by atoms with Gasteiger partial charge in [0, 0.05) is 12.3 Å². The van der Waals surface area contributed by atoms with Crippen molar-refractivity contribution in [1.82, 2.24) is 0 Å². The Labute approximate surface area is 98.9 Å². The molecule has 0 bridgehead atoms. The van der Waals surface area contributed by atoms with Crippen molar-refractivity contribution in [3.63, 3.8) is 0 Å². The quantitative estimate of drug-likeness (QED) is 0.772. The fraction of sp³-hybridized carbons (Fsp3) is 0.417. The normalized spacial score (nSPS) is 23.6. The number of carbonyl (C=O) groups excluding carboxylic acids is 1. The van der Waals surface area contributed by atoms with Crippen molar-refractivity contribution in [2.45, 2.75) is 19.4 Å². The van der Waals surface area contributed by atoms with E-state index in [0.29, 0.717) is 18.7 Å². The Balaban J connectivity index is 2.05. The minimum atomic E-state index is -0.529. The van der Waals surface area contributed by atoms with Gasteiger partial charge in [-0.3, -0.25) is 4.79 Å². The molecule has 0 spiro atoms. The van der Waals surface area contributed by atoms with Gasteiger partial charge < -0.3 is 15.8 Å². The molecule has 0 aliphatic carbocycles. The molecule has 1 aliphatic heterocycles. The summed E-state index contributed by atoms with van der Waals surface area (Å²) in [6.45, 7) is 2.45. The predicted octanol–water partition coefficient (Wildman–Crippen LogP) is 1.77. The number of rotatable bonds is 2. The SMILES string of the molecule is CC1OCCC1C(=O)Nc1ccc(N)c(F)c1. The highest BCUT2D eigenvalue weighted by Crippen LogP contribution is 2.23. The Bertz CT molecular complexity index is 437. The number of nitrogen functional groups attached to an aromatic ring is 1. The van der Waals surface area contributed by atoms with Crippen LogP contribution in [0.5, 0.6) is 0 Å². The second-order valence-electron chi connectivity index (χ2n) is 4.20. The van der Waals surface area contributed by atoms with Crippen molar-refractivity contribution in [3.8, 4) is 0 Å². The van der Waals surface area contributed by atoms with E-state index in [9.17, 15) is 9.18 Å². The number of hydrogen-bond acceptors (Lipinski definition) is 3. The van der Waals surface area contributed by atoms with E-state index in [1.54, 1.807) is 6.07 Å². The zero-order valence-corrected chi connectivity index (χ0v) is 9.57. The molecular weight excluding hydrogens is 223 g/mol. The van der Waals surface area contributed by atoms with Crippen LogP contribution in [-0.4, -0.2) is 18.6 Å². The van der Waals surface area contributed by atoms with Gasteiger partial charge in [0.05, 0.1) is 17.7 Å². The van der Waals surface area contributed by atoms with Crippen molar-refractivity contribution in [2.75, 3.05) is 17.7 Å². The molecular formula is C12H15FN2O2. The van der Waals surface area contributed by atoms with Gasteiger partial charge >= 0.3 is 0 Å². The summed E-state index contributed by atoms with van der Waals surface area (Å²) in [6.07, 6.45) is 0.610. The first-order valence-electron chi connectivity index (χ1n) is 5.55. The van der Waals surface area contributed by atoms with Crippen LogP contribution in [0, 0.1) is 11.7 Å². The highest BCUT2D eigenvalue weighted by Gasteiger charge is 2.30. The third-order valence-corrected chi connectivity index (χ3v) is 2.98. The molecule has 1 amide bonds. The maximum Gasteiger partial charge on any atom is 0.230 e. The summed E-state index contributed by atoms with van der Waals surface area (Å²) in [4.78, 5) is 11.9. The lowest BCUT2D eigenvalue weighted by atomic mass is 10.0. The van der Waals surface area contributed by atoms with Crippen molar-refractivity contribution in [3.05, 3.63) is 24.0 Å². The summed E-state index contributed by atoms with van der Waals surface area (Å²) in [5.74, 6) is -0.840. The second kappa shape index (κ2) is 4.71. The monoisotopic (exact) mass is 238 g/mol.